The summed E-state index contributed by atoms with van der Waals surface area (Å²) in [6.45, 7) is -0.337. The molecule has 15 heteroatoms. The Morgan fingerprint density at radius 2 is 1.94 bits per heavy atom. The van der Waals surface area contributed by atoms with Gasteiger partial charge in [0, 0.05) is 6.04 Å². The van der Waals surface area contributed by atoms with E-state index in [1.165, 1.54) is 11.1 Å². The Bertz CT molecular complexity index is 967. The van der Waals surface area contributed by atoms with Gasteiger partial charge >= 0.3 is 7.60 Å². The number of hydrogen-bond acceptors (Lipinski definition) is 10. The van der Waals surface area contributed by atoms with Gasteiger partial charge in [-0.2, -0.15) is 14.6 Å². The van der Waals surface area contributed by atoms with Crippen molar-refractivity contribution in [3.63, 3.8) is 0 Å². The predicted octanol–water partition coefficient (Wildman–Crippen LogP) is 0.390. The number of halogens is 1. The number of nitrogens with zero attached hydrogens (tertiary/aromatic N) is 5. The van der Waals surface area contributed by atoms with Gasteiger partial charge in [-0.05, 0) is 24.4 Å². The minimum Gasteiger partial charge on any atom is -0.387 e. The Labute approximate surface area is 181 Å². The molecule has 2 aromatic heterocycles. The summed E-state index contributed by atoms with van der Waals surface area (Å²) in [7, 11) is -4.37. The molecule has 31 heavy (non-hydrogen) atoms. The van der Waals surface area contributed by atoms with Gasteiger partial charge in [-0.3, -0.25) is 4.57 Å². The molecule has 1 aliphatic carbocycles. The van der Waals surface area contributed by atoms with Gasteiger partial charge in [-0.1, -0.05) is 24.5 Å². The summed E-state index contributed by atoms with van der Waals surface area (Å²) >= 11 is 6.10. The third kappa shape index (κ3) is 5.15. The van der Waals surface area contributed by atoms with Crippen LogP contribution in [0, 0.1) is 0 Å². The van der Waals surface area contributed by atoms with Crippen LogP contribution in [0.2, 0.25) is 5.28 Å². The molecule has 4 atom stereocenters. The van der Waals surface area contributed by atoms with Crippen molar-refractivity contribution in [2.24, 2.45) is 0 Å². The highest BCUT2D eigenvalue weighted by molar-refractivity contribution is 7.51. The summed E-state index contributed by atoms with van der Waals surface area (Å²) in [4.78, 5) is 26.1. The fourth-order valence-corrected chi connectivity index (χ4v) is 4.38. The Balaban J connectivity index is 1.54. The molecule has 2 aromatic rings. The molecule has 0 spiro atoms. The smallest absolute Gasteiger partial charge is 0.350 e. The zero-order chi connectivity index (χ0) is 22.2. The lowest BCUT2D eigenvalue weighted by atomic mass is 9.95. The quantitative estimate of drug-likeness (QED) is 0.272. The standard InChI is InChI=1S/C16H24ClN6O7P/c17-16-19-13(18-8-4-2-1-3-5-8)10-14(20-16)23(22-21-10)15-12(25)11(24)9(30-15)6-29-7-31(26,27)28/h8-9,11-12,15,24-25H,1-7H2,(H,18,19,20)(H2,26,27,28)/t9-,11-,12-,15-/m1/s1. The molecule has 0 amide bonds. The Hall–Kier alpha value is -1.44. The second-order valence-corrected chi connectivity index (χ2v) is 9.66. The van der Waals surface area contributed by atoms with Crippen molar-refractivity contribution in [2.75, 3.05) is 18.3 Å². The van der Waals surface area contributed by atoms with Crippen molar-refractivity contribution < 1.29 is 34.0 Å². The number of ether oxygens (including phenoxy) is 2. The van der Waals surface area contributed by atoms with E-state index in [9.17, 15) is 14.8 Å². The predicted molar refractivity (Wildman–Crippen MR) is 107 cm³/mol. The normalized spacial score (nSPS) is 27.8. The van der Waals surface area contributed by atoms with Gasteiger partial charge in [0.15, 0.2) is 23.2 Å². The van der Waals surface area contributed by atoms with Crippen molar-refractivity contribution in [3.05, 3.63) is 5.28 Å². The van der Waals surface area contributed by atoms with Crippen LogP contribution < -0.4 is 5.32 Å². The van der Waals surface area contributed by atoms with E-state index in [-0.39, 0.29) is 23.6 Å². The molecule has 3 heterocycles. The van der Waals surface area contributed by atoms with E-state index in [1.807, 2.05) is 0 Å². The summed E-state index contributed by atoms with van der Waals surface area (Å²) in [5.41, 5.74) is 0.563. The monoisotopic (exact) mass is 478 g/mol. The third-order valence-corrected chi connectivity index (χ3v) is 6.05. The van der Waals surface area contributed by atoms with E-state index >= 15 is 0 Å². The van der Waals surface area contributed by atoms with Crippen LogP contribution in [0.15, 0.2) is 0 Å². The van der Waals surface area contributed by atoms with Crippen molar-refractivity contribution in [2.45, 2.75) is 62.7 Å². The van der Waals surface area contributed by atoms with Crippen LogP contribution in [0.3, 0.4) is 0 Å². The summed E-state index contributed by atoms with van der Waals surface area (Å²) in [5, 5.41) is 32.2. The fraction of sp³-hybridized carbons (Fsp3) is 0.750. The number of aliphatic hydroxyl groups is 2. The highest BCUT2D eigenvalue weighted by Gasteiger charge is 2.45. The number of hydrogen-bond donors (Lipinski definition) is 5. The highest BCUT2D eigenvalue weighted by Crippen LogP contribution is 2.36. The summed E-state index contributed by atoms with van der Waals surface area (Å²) in [5.74, 6) is 0.433. The van der Waals surface area contributed by atoms with Gasteiger partial charge < -0.3 is 34.8 Å². The Kier molecular flexibility index (Phi) is 6.75. The van der Waals surface area contributed by atoms with Gasteiger partial charge in [0.25, 0.3) is 0 Å². The maximum Gasteiger partial charge on any atom is 0.350 e. The number of rotatable bonds is 7. The van der Waals surface area contributed by atoms with Crippen molar-refractivity contribution in [3.8, 4) is 0 Å². The molecule has 0 bridgehead atoms. The van der Waals surface area contributed by atoms with E-state index in [4.69, 9.17) is 30.9 Å². The first-order valence-corrected chi connectivity index (χ1v) is 12.1. The first kappa shape index (κ1) is 22.7. The highest BCUT2D eigenvalue weighted by atomic mass is 35.5. The number of nitrogens with one attached hydrogen (secondary N) is 1. The lowest BCUT2D eigenvalue weighted by Gasteiger charge is -2.23. The van der Waals surface area contributed by atoms with Crippen LogP contribution in [-0.2, 0) is 14.0 Å². The van der Waals surface area contributed by atoms with Crippen LogP contribution in [0.25, 0.3) is 11.2 Å². The van der Waals surface area contributed by atoms with Crippen LogP contribution in [0.1, 0.15) is 38.3 Å². The van der Waals surface area contributed by atoms with Gasteiger partial charge in [-0.15, -0.1) is 5.10 Å². The molecular weight excluding hydrogens is 455 g/mol. The molecule has 5 N–H and O–H groups in total. The number of fused-ring (bicyclic) bond motifs is 1. The second-order valence-electron chi connectivity index (χ2n) is 7.74. The van der Waals surface area contributed by atoms with Gasteiger partial charge in [0.05, 0.1) is 6.61 Å². The van der Waals surface area contributed by atoms with Crippen LogP contribution in [0.4, 0.5) is 5.82 Å². The van der Waals surface area contributed by atoms with E-state index in [0.717, 1.165) is 25.7 Å². The van der Waals surface area contributed by atoms with E-state index in [2.05, 4.69) is 25.6 Å². The molecule has 13 nitrogen and oxygen atoms in total. The average molecular weight is 479 g/mol. The molecule has 2 aliphatic rings. The van der Waals surface area contributed by atoms with Crippen LogP contribution in [0.5, 0.6) is 0 Å². The summed E-state index contributed by atoms with van der Waals surface area (Å²) in [6.07, 6.45) is -0.349. The lowest BCUT2D eigenvalue weighted by molar-refractivity contribution is -0.0665. The first-order valence-electron chi connectivity index (χ1n) is 9.92. The van der Waals surface area contributed by atoms with E-state index < -0.39 is 38.5 Å². The summed E-state index contributed by atoms with van der Waals surface area (Å²) < 4.78 is 22.7. The minimum absolute atomic E-state index is 0.0380. The summed E-state index contributed by atoms with van der Waals surface area (Å²) in [6, 6.07) is 0.235. The first-order chi connectivity index (χ1) is 14.7. The van der Waals surface area contributed by atoms with Gasteiger partial charge in [-0.25, -0.2) is 0 Å². The van der Waals surface area contributed by atoms with E-state index in [0.29, 0.717) is 11.3 Å². The minimum atomic E-state index is -4.37. The molecule has 4 rings (SSSR count). The van der Waals surface area contributed by atoms with E-state index in [1.54, 1.807) is 0 Å². The molecule has 172 valence electrons. The largest absolute Gasteiger partial charge is 0.387 e. The van der Waals surface area contributed by atoms with Crippen molar-refractivity contribution in [1.29, 1.82) is 0 Å². The van der Waals surface area contributed by atoms with Gasteiger partial charge in [0.2, 0.25) is 5.28 Å². The molecule has 0 aromatic carbocycles. The molecule has 0 unspecified atom stereocenters. The molecule has 1 saturated carbocycles. The molecular formula is C16H24ClN6O7P. The average Bonchev–Trinajstić information content (AvgIpc) is 3.24. The molecule has 1 aliphatic heterocycles. The van der Waals surface area contributed by atoms with Crippen LogP contribution >= 0.6 is 19.2 Å². The fourth-order valence-electron chi connectivity index (χ4n) is 3.87. The van der Waals surface area contributed by atoms with Crippen molar-refractivity contribution in [1.82, 2.24) is 25.0 Å². The zero-order valence-corrected chi connectivity index (χ0v) is 18.1. The zero-order valence-electron chi connectivity index (χ0n) is 16.4. The maximum absolute atomic E-state index is 10.9. The number of aliphatic hydroxyl groups excluding tert-OH is 2. The second kappa shape index (κ2) is 9.20. The number of aromatic nitrogens is 5. The molecule has 2 fully saturated rings. The Morgan fingerprint density at radius 1 is 1.19 bits per heavy atom. The SMILES string of the molecule is O=P(O)(O)COC[C@H]1O[C@@H](n2nnc3c(NC4CCCCC4)nc(Cl)nc32)[C@H](O)[C@@H]1O. The van der Waals surface area contributed by atoms with Crippen LogP contribution in [-0.4, -0.2) is 82.3 Å². The molecule has 0 radical (unpaired) electrons. The lowest BCUT2D eigenvalue weighted by Crippen LogP contribution is -2.34. The molecule has 1 saturated heterocycles. The van der Waals surface area contributed by atoms with Crippen molar-refractivity contribution >= 4 is 36.2 Å². The maximum atomic E-state index is 10.9. The van der Waals surface area contributed by atoms with Gasteiger partial charge in [0.1, 0.15) is 24.7 Å². The third-order valence-electron chi connectivity index (χ3n) is 5.36. The number of anilines is 1. The topological polar surface area (TPSA) is 185 Å². The Morgan fingerprint density at radius 3 is 2.65 bits per heavy atom.